The van der Waals surface area contributed by atoms with Gasteiger partial charge in [-0.25, -0.2) is 0 Å². The molecule has 234 valence electrons. The van der Waals surface area contributed by atoms with Gasteiger partial charge in [0.15, 0.2) is 17.6 Å². The number of aliphatic hydroxyl groups excluding tert-OH is 1. The second kappa shape index (κ2) is 13.8. The number of rotatable bonds is 11. The SMILES string of the molecule is COc1cc(C2=CN(C(C)=O)C(C(C)C)C(=O)N2CC(=O)NC(Cc2ccccc2)C(O)C(F)(F)F)cc(OC)c1OC. The van der Waals surface area contributed by atoms with E-state index in [9.17, 15) is 32.7 Å². The lowest BCUT2D eigenvalue weighted by atomic mass is 9.96. The van der Waals surface area contributed by atoms with E-state index in [1.165, 1.54) is 51.5 Å². The highest BCUT2D eigenvalue weighted by molar-refractivity contribution is 5.99. The van der Waals surface area contributed by atoms with Gasteiger partial charge in [-0.1, -0.05) is 44.2 Å². The Kier molecular flexibility index (Phi) is 10.7. The maximum atomic E-state index is 13.9. The summed E-state index contributed by atoms with van der Waals surface area (Å²) in [6.07, 6.45) is -6.78. The molecular formula is C30H36F3N3O7. The molecule has 0 saturated carbocycles. The van der Waals surface area contributed by atoms with E-state index in [1.54, 1.807) is 44.2 Å². The van der Waals surface area contributed by atoms with Crippen molar-refractivity contribution in [1.82, 2.24) is 15.1 Å². The fraction of sp³-hybridized carbons (Fsp3) is 0.433. The summed E-state index contributed by atoms with van der Waals surface area (Å²) < 4.78 is 56.9. The quantitative estimate of drug-likeness (QED) is 0.402. The summed E-state index contributed by atoms with van der Waals surface area (Å²) in [6.45, 7) is 4.04. The van der Waals surface area contributed by atoms with Crippen LogP contribution in [0, 0.1) is 5.92 Å². The summed E-state index contributed by atoms with van der Waals surface area (Å²) >= 11 is 0. The van der Waals surface area contributed by atoms with Crippen LogP contribution in [0.4, 0.5) is 13.2 Å². The number of hydrogen-bond acceptors (Lipinski definition) is 7. The number of halogens is 3. The number of nitrogens with zero attached hydrogens (tertiary/aromatic N) is 2. The Bertz CT molecular complexity index is 1320. The normalized spacial score (nSPS) is 16.9. The van der Waals surface area contributed by atoms with Crippen molar-refractivity contribution in [2.24, 2.45) is 5.92 Å². The van der Waals surface area contributed by atoms with E-state index in [4.69, 9.17) is 14.2 Å². The van der Waals surface area contributed by atoms with Gasteiger partial charge in [-0.05, 0) is 30.0 Å². The Hall–Kier alpha value is -4.26. The van der Waals surface area contributed by atoms with Gasteiger partial charge in [0, 0.05) is 18.7 Å². The molecule has 1 aliphatic heterocycles. The minimum absolute atomic E-state index is 0.0995. The standard InChI is InChI=1S/C30H36F3N3O7/c1-17(2)26-29(40)36(16-25(38)34-21(28(39)30(31,32)33)12-19-10-8-7-9-11-19)22(15-35(26)18(3)37)20-13-23(41-4)27(43-6)24(14-20)42-5/h7-11,13-15,17,21,26,28,39H,12,16H2,1-6H3,(H,34,38). The fourth-order valence-corrected chi connectivity index (χ4v) is 4.93. The van der Waals surface area contributed by atoms with Crippen molar-refractivity contribution in [2.45, 2.75) is 51.6 Å². The first-order valence-corrected chi connectivity index (χ1v) is 13.4. The van der Waals surface area contributed by atoms with Gasteiger partial charge in [0.2, 0.25) is 17.6 Å². The van der Waals surface area contributed by atoms with Crippen LogP contribution in [0.2, 0.25) is 0 Å². The van der Waals surface area contributed by atoms with Gasteiger partial charge in [0.1, 0.15) is 12.6 Å². The highest BCUT2D eigenvalue weighted by Gasteiger charge is 2.45. The Morgan fingerprint density at radius 3 is 2.07 bits per heavy atom. The zero-order valence-corrected chi connectivity index (χ0v) is 24.8. The molecule has 1 heterocycles. The van der Waals surface area contributed by atoms with Crippen LogP contribution in [0.1, 0.15) is 31.9 Å². The number of alkyl halides is 3. The molecule has 0 aliphatic carbocycles. The Morgan fingerprint density at radius 1 is 1.02 bits per heavy atom. The summed E-state index contributed by atoms with van der Waals surface area (Å²) in [4.78, 5) is 42.2. The predicted molar refractivity (Wildman–Crippen MR) is 151 cm³/mol. The molecule has 0 radical (unpaired) electrons. The Balaban J connectivity index is 2.07. The second-order valence-electron chi connectivity index (χ2n) is 10.3. The number of benzene rings is 2. The molecule has 2 aromatic carbocycles. The Morgan fingerprint density at radius 2 is 1.60 bits per heavy atom. The largest absolute Gasteiger partial charge is 0.493 e. The van der Waals surface area contributed by atoms with E-state index in [2.05, 4.69) is 5.32 Å². The average molecular weight is 608 g/mol. The zero-order valence-electron chi connectivity index (χ0n) is 24.8. The summed E-state index contributed by atoms with van der Waals surface area (Å²) in [6, 6.07) is 8.40. The van der Waals surface area contributed by atoms with Crippen LogP contribution in [0.5, 0.6) is 17.2 Å². The molecule has 13 heteroatoms. The second-order valence-corrected chi connectivity index (χ2v) is 10.3. The third-order valence-electron chi connectivity index (χ3n) is 6.99. The van der Waals surface area contributed by atoms with Crippen molar-refractivity contribution in [2.75, 3.05) is 27.9 Å². The molecule has 2 N–H and O–H groups in total. The molecule has 3 unspecified atom stereocenters. The molecular weight excluding hydrogens is 571 g/mol. The molecule has 3 atom stereocenters. The third-order valence-corrected chi connectivity index (χ3v) is 6.99. The van der Waals surface area contributed by atoms with Crippen molar-refractivity contribution < 1.29 is 46.9 Å². The number of amides is 3. The number of carbonyl (C=O) groups excluding carboxylic acids is 3. The molecule has 0 fully saturated rings. The lowest BCUT2D eigenvalue weighted by molar-refractivity contribution is -0.212. The van der Waals surface area contributed by atoms with Gasteiger partial charge in [-0.15, -0.1) is 0 Å². The molecule has 1 aliphatic rings. The summed E-state index contributed by atoms with van der Waals surface area (Å²) in [7, 11) is 4.19. The monoisotopic (exact) mass is 607 g/mol. The predicted octanol–water partition coefficient (Wildman–Crippen LogP) is 3.38. The maximum absolute atomic E-state index is 13.9. The maximum Gasteiger partial charge on any atom is 0.416 e. The summed E-state index contributed by atoms with van der Waals surface area (Å²) in [5.41, 5.74) is 0.864. The molecule has 0 saturated heterocycles. The Labute approximate surface area is 248 Å². The van der Waals surface area contributed by atoms with Gasteiger partial charge in [0.25, 0.3) is 5.91 Å². The van der Waals surface area contributed by atoms with Crippen LogP contribution >= 0.6 is 0 Å². The molecule has 10 nitrogen and oxygen atoms in total. The van der Waals surface area contributed by atoms with Crippen molar-refractivity contribution in [3.63, 3.8) is 0 Å². The van der Waals surface area contributed by atoms with Gasteiger partial charge in [0.05, 0.1) is 33.1 Å². The summed E-state index contributed by atoms with van der Waals surface area (Å²) in [5.74, 6) is -1.67. The van der Waals surface area contributed by atoms with Gasteiger partial charge < -0.3 is 29.5 Å². The molecule has 2 aromatic rings. The lowest BCUT2D eigenvalue weighted by Crippen LogP contribution is -2.57. The van der Waals surface area contributed by atoms with Crippen LogP contribution in [0.15, 0.2) is 48.7 Å². The number of ether oxygens (including phenoxy) is 3. The van der Waals surface area contributed by atoms with Crippen LogP contribution in [0.3, 0.4) is 0 Å². The first kappa shape index (κ1) is 33.2. The molecule has 3 rings (SSSR count). The van der Waals surface area contributed by atoms with E-state index >= 15 is 0 Å². The van der Waals surface area contributed by atoms with Crippen LogP contribution in [-0.4, -0.2) is 84.9 Å². The van der Waals surface area contributed by atoms with Gasteiger partial charge in [-0.2, -0.15) is 13.2 Å². The molecule has 0 spiro atoms. The van der Waals surface area contributed by atoms with E-state index in [1.807, 2.05) is 0 Å². The van der Waals surface area contributed by atoms with Gasteiger partial charge in [-0.3, -0.25) is 19.3 Å². The van der Waals surface area contributed by atoms with Crippen LogP contribution in [0.25, 0.3) is 5.70 Å². The van der Waals surface area contributed by atoms with Crippen molar-refractivity contribution in [3.8, 4) is 17.2 Å². The van der Waals surface area contributed by atoms with E-state index < -0.39 is 48.6 Å². The molecule has 0 bridgehead atoms. The van der Waals surface area contributed by atoms with E-state index in [-0.39, 0.29) is 35.3 Å². The number of hydrogen-bond donors (Lipinski definition) is 2. The number of nitrogens with one attached hydrogen (secondary N) is 1. The lowest BCUT2D eigenvalue weighted by Gasteiger charge is -2.41. The average Bonchev–Trinajstić information content (AvgIpc) is 2.96. The molecule has 0 aromatic heterocycles. The van der Waals surface area contributed by atoms with Crippen molar-refractivity contribution in [3.05, 3.63) is 59.8 Å². The minimum atomic E-state index is -5.01. The molecule has 43 heavy (non-hydrogen) atoms. The summed E-state index contributed by atoms with van der Waals surface area (Å²) in [5, 5.41) is 12.4. The van der Waals surface area contributed by atoms with Crippen molar-refractivity contribution in [1.29, 1.82) is 0 Å². The number of methoxy groups -OCH3 is 3. The van der Waals surface area contributed by atoms with Gasteiger partial charge >= 0.3 is 6.18 Å². The fourth-order valence-electron chi connectivity index (χ4n) is 4.93. The first-order chi connectivity index (χ1) is 20.2. The van der Waals surface area contributed by atoms with Crippen LogP contribution < -0.4 is 19.5 Å². The highest BCUT2D eigenvalue weighted by atomic mass is 19.4. The third kappa shape index (κ3) is 7.58. The number of aliphatic hydroxyl groups is 1. The first-order valence-electron chi connectivity index (χ1n) is 13.4. The molecule has 3 amide bonds. The minimum Gasteiger partial charge on any atom is -0.493 e. The zero-order chi connectivity index (χ0) is 32.1. The highest BCUT2D eigenvalue weighted by Crippen LogP contribution is 2.41. The van der Waals surface area contributed by atoms with E-state index in [0.29, 0.717) is 11.1 Å². The van der Waals surface area contributed by atoms with Crippen molar-refractivity contribution >= 4 is 23.4 Å². The number of carbonyl (C=O) groups is 3. The van der Waals surface area contributed by atoms with E-state index in [0.717, 1.165) is 4.90 Å². The van der Waals surface area contributed by atoms with Crippen LogP contribution in [-0.2, 0) is 20.8 Å². The topological polar surface area (TPSA) is 118 Å². The smallest absolute Gasteiger partial charge is 0.416 e.